The minimum atomic E-state index is -4.48. The zero-order valence-corrected chi connectivity index (χ0v) is 10.9. The van der Waals surface area contributed by atoms with E-state index in [2.05, 4.69) is 4.18 Å². The molecule has 1 rings (SSSR count). The third kappa shape index (κ3) is 6.75. The highest BCUT2D eigenvalue weighted by molar-refractivity contribution is 7.80. The number of anilines is 1. The van der Waals surface area contributed by atoms with Crippen molar-refractivity contribution < 1.29 is 27.1 Å². The molecule has 0 amide bonds. The highest BCUT2D eigenvalue weighted by atomic mass is 32.3. The van der Waals surface area contributed by atoms with Crippen molar-refractivity contribution in [2.24, 2.45) is 0 Å². The Morgan fingerprint density at radius 1 is 1.21 bits per heavy atom. The van der Waals surface area contributed by atoms with E-state index in [4.69, 9.17) is 9.66 Å². The molecule has 0 saturated carbocycles. The zero-order valence-electron chi connectivity index (χ0n) is 10.1. The van der Waals surface area contributed by atoms with Crippen LogP contribution in [0.5, 0.6) is 0 Å². The molecular weight excluding hydrogens is 274 g/mol. The molecule has 7 nitrogen and oxygen atoms in total. The second kappa shape index (κ2) is 7.07. The van der Waals surface area contributed by atoms with Crippen LogP contribution in [-0.4, -0.2) is 43.7 Å². The Hall–Kier alpha value is -1.64. The number of nitrogens with zero attached hydrogens (tertiary/aromatic N) is 1. The average Bonchev–Trinajstić information content (AvgIpc) is 2.33. The first kappa shape index (κ1) is 15.4. The second-order valence-electron chi connectivity index (χ2n) is 3.72. The molecule has 1 aromatic rings. The van der Waals surface area contributed by atoms with Crippen LogP contribution in [0.15, 0.2) is 30.3 Å². The molecular formula is C11H15NO6S. The minimum Gasteiger partial charge on any atom is -0.481 e. The summed E-state index contributed by atoms with van der Waals surface area (Å²) in [5.74, 6) is -0.948. The normalized spacial score (nSPS) is 11.2. The van der Waals surface area contributed by atoms with Crippen molar-refractivity contribution in [1.29, 1.82) is 0 Å². The number of carbonyl (C=O) groups is 1. The molecule has 2 N–H and O–H groups in total. The van der Waals surface area contributed by atoms with Crippen molar-refractivity contribution >= 4 is 22.1 Å². The fourth-order valence-electron chi connectivity index (χ4n) is 1.49. The van der Waals surface area contributed by atoms with Gasteiger partial charge in [0.05, 0.1) is 13.0 Å². The summed E-state index contributed by atoms with van der Waals surface area (Å²) in [5.41, 5.74) is 0.752. The van der Waals surface area contributed by atoms with Gasteiger partial charge in [0.25, 0.3) is 0 Å². The van der Waals surface area contributed by atoms with Crippen LogP contribution in [-0.2, 0) is 19.4 Å². The number of hydrogen-bond donors (Lipinski definition) is 2. The number of para-hydroxylation sites is 1. The van der Waals surface area contributed by atoms with E-state index in [1.54, 1.807) is 29.2 Å². The standard InChI is InChI=1S/C11H15NO6S/c13-11(14)6-7-12(8-9-18-19(15,16)17)10-4-2-1-3-5-10/h1-5H,6-9H2,(H,13,14)(H,15,16,17). The van der Waals surface area contributed by atoms with Gasteiger partial charge in [0, 0.05) is 18.8 Å². The summed E-state index contributed by atoms with van der Waals surface area (Å²) < 4.78 is 33.6. The van der Waals surface area contributed by atoms with Crippen molar-refractivity contribution in [1.82, 2.24) is 0 Å². The summed E-state index contributed by atoms with van der Waals surface area (Å²) >= 11 is 0. The monoisotopic (exact) mass is 289 g/mol. The van der Waals surface area contributed by atoms with Gasteiger partial charge in [0.2, 0.25) is 0 Å². The fraction of sp³-hybridized carbons (Fsp3) is 0.364. The van der Waals surface area contributed by atoms with Crippen molar-refractivity contribution in [3.8, 4) is 0 Å². The van der Waals surface area contributed by atoms with E-state index in [-0.39, 0.29) is 26.1 Å². The molecule has 0 bridgehead atoms. The van der Waals surface area contributed by atoms with Crippen LogP contribution in [0.1, 0.15) is 6.42 Å². The molecule has 0 saturated heterocycles. The Labute approximate surface area is 111 Å². The van der Waals surface area contributed by atoms with Gasteiger partial charge in [-0.25, -0.2) is 4.18 Å². The number of benzene rings is 1. The van der Waals surface area contributed by atoms with Gasteiger partial charge in [-0.15, -0.1) is 0 Å². The quantitative estimate of drug-likeness (QED) is 0.682. The Morgan fingerprint density at radius 3 is 2.37 bits per heavy atom. The summed E-state index contributed by atoms with van der Waals surface area (Å²) in [6, 6.07) is 8.93. The minimum absolute atomic E-state index is 0.0826. The van der Waals surface area contributed by atoms with E-state index in [9.17, 15) is 13.2 Å². The number of hydrogen-bond acceptors (Lipinski definition) is 5. The van der Waals surface area contributed by atoms with Crippen LogP contribution in [0, 0.1) is 0 Å². The SMILES string of the molecule is O=C(O)CCN(CCOS(=O)(=O)O)c1ccccc1. The Bertz CT molecular complexity index is 501. The van der Waals surface area contributed by atoms with Crippen LogP contribution >= 0.6 is 0 Å². The molecule has 0 atom stereocenters. The predicted octanol–water partition coefficient (Wildman–Crippen LogP) is 0.787. The summed E-state index contributed by atoms with van der Waals surface area (Å²) in [6.45, 7) is 0.110. The van der Waals surface area contributed by atoms with E-state index < -0.39 is 16.4 Å². The van der Waals surface area contributed by atoms with E-state index >= 15 is 0 Å². The van der Waals surface area contributed by atoms with Crippen LogP contribution in [0.4, 0.5) is 5.69 Å². The molecule has 0 fully saturated rings. The molecule has 0 aliphatic carbocycles. The number of rotatable bonds is 8. The highest BCUT2D eigenvalue weighted by Crippen LogP contribution is 2.13. The summed E-state index contributed by atoms with van der Waals surface area (Å²) in [7, 11) is -4.48. The molecule has 0 spiro atoms. The number of carboxylic acid groups (broad SMARTS) is 1. The van der Waals surface area contributed by atoms with Gasteiger partial charge in [-0.05, 0) is 12.1 Å². The lowest BCUT2D eigenvalue weighted by atomic mass is 10.2. The molecule has 0 heterocycles. The van der Waals surface area contributed by atoms with Gasteiger partial charge < -0.3 is 10.0 Å². The predicted molar refractivity (Wildman–Crippen MR) is 68.4 cm³/mol. The second-order valence-corrected chi connectivity index (χ2v) is 4.81. The van der Waals surface area contributed by atoms with E-state index in [1.807, 2.05) is 6.07 Å². The fourth-order valence-corrected chi connectivity index (χ4v) is 1.78. The first-order valence-corrected chi connectivity index (χ1v) is 6.88. The first-order chi connectivity index (χ1) is 8.88. The lowest BCUT2D eigenvalue weighted by Gasteiger charge is -2.23. The topological polar surface area (TPSA) is 104 Å². The smallest absolute Gasteiger partial charge is 0.397 e. The van der Waals surface area contributed by atoms with Crippen molar-refractivity contribution in [3.05, 3.63) is 30.3 Å². The third-order valence-corrected chi connectivity index (χ3v) is 2.77. The van der Waals surface area contributed by atoms with Gasteiger partial charge in [0.15, 0.2) is 0 Å². The van der Waals surface area contributed by atoms with E-state index in [1.165, 1.54) is 0 Å². The molecule has 0 aliphatic heterocycles. The largest absolute Gasteiger partial charge is 0.481 e. The van der Waals surface area contributed by atoms with Gasteiger partial charge >= 0.3 is 16.4 Å². The molecule has 0 unspecified atom stereocenters. The summed E-state index contributed by atoms with van der Waals surface area (Å²) in [5, 5.41) is 8.67. The highest BCUT2D eigenvalue weighted by Gasteiger charge is 2.11. The average molecular weight is 289 g/mol. The lowest BCUT2D eigenvalue weighted by molar-refractivity contribution is -0.136. The van der Waals surface area contributed by atoms with Gasteiger partial charge in [-0.1, -0.05) is 18.2 Å². The van der Waals surface area contributed by atoms with Crippen molar-refractivity contribution in [3.63, 3.8) is 0 Å². The zero-order chi connectivity index (χ0) is 14.3. The molecule has 106 valence electrons. The molecule has 0 aromatic heterocycles. The van der Waals surface area contributed by atoms with Crippen molar-refractivity contribution in [2.45, 2.75) is 6.42 Å². The Kier molecular flexibility index (Phi) is 5.74. The van der Waals surface area contributed by atoms with Crippen LogP contribution in [0.25, 0.3) is 0 Å². The first-order valence-electron chi connectivity index (χ1n) is 5.52. The van der Waals surface area contributed by atoms with Crippen LogP contribution < -0.4 is 4.90 Å². The number of aliphatic carboxylic acids is 1. The van der Waals surface area contributed by atoms with E-state index in [0.29, 0.717) is 0 Å². The van der Waals surface area contributed by atoms with Gasteiger partial charge in [-0.2, -0.15) is 8.42 Å². The maximum absolute atomic E-state index is 10.6. The molecule has 1 aromatic carbocycles. The Morgan fingerprint density at radius 2 is 1.84 bits per heavy atom. The Balaban J connectivity index is 2.62. The lowest BCUT2D eigenvalue weighted by Crippen LogP contribution is -2.30. The molecule has 19 heavy (non-hydrogen) atoms. The molecule has 8 heteroatoms. The maximum Gasteiger partial charge on any atom is 0.397 e. The third-order valence-electron chi connectivity index (χ3n) is 2.31. The van der Waals surface area contributed by atoms with Crippen molar-refractivity contribution in [2.75, 3.05) is 24.6 Å². The summed E-state index contributed by atoms with van der Waals surface area (Å²) in [4.78, 5) is 12.2. The van der Waals surface area contributed by atoms with Crippen LogP contribution in [0.2, 0.25) is 0 Å². The van der Waals surface area contributed by atoms with E-state index in [0.717, 1.165) is 5.69 Å². The molecule has 0 aliphatic rings. The summed E-state index contributed by atoms with van der Waals surface area (Å²) in [6.07, 6.45) is -0.0826. The number of carboxylic acids is 1. The van der Waals surface area contributed by atoms with Crippen LogP contribution in [0.3, 0.4) is 0 Å². The maximum atomic E-state index is 10.6. The van der Waals surface area contributed by atoms with Gasteiger partial charge in [0.1, 0.15) is 0 Å². The molecule has 0 radical (unpaired) electrons. The van der Waals surface area contributed by atoms with Gasteiger partial charge in [-0.3, -0.25) is 9.35 Å².